The minimum absolute atomic E-state index is 0.124. The van der Waals surface area contributed by atoms with Gasteiger partial charge in [-0.2, -0.15) is 8.78 Å². The van der Waals surface area contributed by atoms with E-state index in [-0.39, 0.29) is 5.75 Å². The molecular formula is C36H48ClF3O. The van der Waals surface area contributed by atoms with Crippen LogP contribution in [0.5, 0.6) is 5.75 Å². The molecule has 3 aliphatic rings. The van der Waals surface area contributed by atoms with Crippen molar-refractivity contribution >= 4 is 11.6 Å². The highest BCUT2D eigenvalue weighted by atomic mass is 35.5. The zero-order valence-electron chi connectivity index (χ0n) is 24.7. The van der Waals surface area contributed by atoms with E-state index in [0.29, 0.717) is 40.8 Å². The number of unbranched alkanes of at least 4 members (excludes halogenated alkanes) is 2. The Kier molecular flexibility index (Phi) is 10.7. The molecule has 226 valence electrons. The van der Waals surface area contributed by atoms with Crippen LogP contribution >= 0.6 is 11.6 Å². The maximum absolute atomic E-state index is 15.2. The predicted molar refractivity (Wildman–Crippen MR) is 163 cm³/mol. The molecule has 3 fully saturated rings. The molecule has 0 amide bonds. The van der Waals surface area contributed by atoms with Gasteiger partial charge >= 0.3 is 6.11 Å². The maximum atomic E-state index is 15.2. The normalized spacial score (nSPS) is 29.3. The van der Waals surface area contributed by atoms with Crippen molar-refractivity contribution in [2.45, 2.75) is 116 Å². The summed E-state index contributed by atoms with van der Waals surface area (Å²) >= 11 is 5.92. The van der Waals surface area contributed by atoms with Gasteiger partial charge in [0, 0.05) is 16.7 Å². The Bertz CT molecular complexity index is 1080. The van der Waals surface area contributed by atoms with Gasteiger partial charge in [0.2, 0.25) is 0 Å². The first-order chi connectivity index (χ1) is 19.8. The van der Waals surface area contributed by atoms with E-state index in [1.807, 2.05) is 0 Å². The average Bonchev–Trinajstić information content (AvgIpc) is 2.98. The van der Waals surface area contributed by atoms with Gasteiger partial charge in [0.05, 0.1) is 5.92 Å². The SMILES string of the molecule is CCCCCC1CCC(C2CCC(C3CCC(C(F)(F)Oc4ccc(-c5ccc(Cl)cc5)c(F)c4)CC3)CC2)CC1. The molecule has 2 aromatic rings. The van der Waals surface area contributed by atoms with Gasteiger partial charge in [-0.3, -0.25) is 0 Å². The van der Waals surface area contributed by atoms with Crippen molar-refractivity contribution < 1.29 is 17.9 Å². The first-order valence-corrected chi connectivity index (χ1v) is 16.8. The summed E-state index contributed by atoms with van der Waals surface area (Å²) in [5, 5.41) is 0.557. The highest BCUT2D eigenvalue weighted by molar-refractivity contribution is 6.30. The van der Waals surface area contributed by atoms with Gasteiger partial charge in [0.15, 0.2) is 0 Å². The minimum Gasteiger partial charge on any atom is -0.432 e. The third-order valence-corrected chi connectivity index (χ3v) is 11.1. The van der Waals surface area contributed by atoms with E-state index in [1.54, 1.807) is 24.3 Å². The molecule has 0 bridgehead atoms. The number of alkyl halides is 2. The summed E-state index contributed by atoms with van der Waals surface area (Å²) in [6.07, 6.45) is 15.9. The van der Waals surface area contributed by atoms with Crippen molar-refractivity contribution in [3.05, 3.63) is 53.3 Å². The lowest BCUT2D eigenvalue weighted by atomic mass is 9.65. The Balaban J connectivity index is 1.05. The quantitative estimate of drug-likeness (QED) is 0.251. The molecule has 0 heterocycles. The number of benzene rings is 2. The van der Waals surface area contributed by atoms with Crippen LogP contribution in [-0.4, -0.2) is 6.11 Å². The monoisotopic (exact) mass is 588 g/mol. The number of ether oxygens (including phenoxy) is 1. The van der Waals surface area contributed by atoms with Crippen LogP contribution in [0.1, 0.15) is 110 Å². The van der Waals surface area contributed by atoms with E-state index < -0.39 is 17.8 Å². The lowest BCUT2D eigenvalue weighted by Crippen LogP contribution is -2.38. The van der Waals surface area contributed by atoms with Crippen molar-refractivity contribution in [3.8, 4) is 16.9 Å². The third-order valence-electron chi connectivity index (χ3n) is 10.9. The van der Waals surface area contributed by atoms with Crippen LogP contribution in [-0.2, 0) is 0 Å². The second-order valence-corrected chi connectivity index (χ2v) is 13.8. The molecule has 0 aromatic heterocycles. The van der Waals surface area contributed by atoms with Crippen LogP contribution in [0.25, 0.3) is 11.1 Å². The summed E-state index contributed by atoms with van der Waals surface area (Å²) in [7, 11) is 0. The Hall–Kier alpha value is -1.68. The molecule has 0 aliphatic heterocycles. The second-order valence-electron chi connectivity index (χ2n) is 13.4. The Labute approximate surface area is 250 Å². The summed E-state index contributed by atoms with van der Waals surface area (Å²) in [4.78, 5) is 0. The topological polar surface area (TPSA) is 9.23 Å². The molecule has 2 aromatic carbocycles. The fraction of sp³-hybridized carbons (Fsp3) is 0.667. The second kappa shape index (κ2) is 14.2. The van der Waals surface area contributed by atoms with E-state index in [9.17, 15) is 4.39 Å². The standard InChI is InChI=1S/C36H48ClF3O/c1-2-3-4-5-25-6-8-26(9-7-25)27-10-12-28(13-11-27)29-14-18-31(19-15-29)36(39,40)41-33-22-23-34(35(38)24-33)30-16-20-32(37)21-17-30/h16-17,20-29,31H,2-15,18-19H2,1H3. The highest BCUT2D eigenvalue weighted by Gasteiger charge is 2.45. The van der Waals surface area contributed by atoms with Crippen LogP contribution in [0.4, 0.5) is 13.2 Å². The third kappa shape index (κ3) is 8.03. The van der Waals surface area contributed by atoms with Gasteiger partial charge in [0.25, 0.3) is 0 Å². The maximum Gasteiger partial charge on any atom is 0.400 e. The molecule has 3 aliphatic carbocycles. The summed E-state index contributed by atoms with van der Waals surface area (Å²) in [5.74, 6) is 2.52. The number of halogens is 4. The van der Waals surface area contributed by atoms with Crippen LogP contribution in [0, 0.1) is 41.3 Å². The average molecular weight is 589 g/mol. The van der Waals surface area contributed by atoms with Crippen LogP contribution < -0.4 is 4.74 Å². The Morgan fingerprint density at radius 1 is 0.732 bits per heavy atom. The fourth-order valence-corrected chi connectivity index (χ4v) is 8.44. The Morgan fingerprint density at radius 3 is 1.80 bits per heavy atom. The smallest absolute Gasteiger partial charge is 0.400 e. The molecule has 0 unspecified atom stereocenters. The van der Waals surface area contributed by atoms with Gasteiger partial charge in [-0.05, 0) is 124 Å². The molecular weight excluding hydrogens is 541 g/mol. The van der Waals surface area contributed by atoms with Gasteiger partial charge < -0.3 is 4.74 Å². The van der Waals surface area contributed by atoms with Crippen molar-refractivity contribution in [1.82, 2.24) is 0 Å². The zero-order valence-corrected chi connectivity index (χ0v) is 25.5. The minimum atomic E-state index is -3.30. The molecule has 0 saturated heterocycles. The molecule has 5 rings (SSSR count). The number of hydrogen-bond donors (Lipinski definition) is 0. The van der Waals surface area contributed by atoms with E-state index in [2.05, 4.69) is 6.92 Å². The molecule has 41 heavy (non-hydrogen) atoms. The fourth-order valence-electron chi connectivity index (χ4n) is 8.31. The van der Waals surface area contributed by atoms with Crippen LogP contribution in [0.3, 0.4) is 0 Å². The molecule has 0 spiro atoms. The molecule has 0 radical (unpaired) electrons. The molecule has 0 N–H and O–H groups in total. The first kappa shape index (κ1) is 30.8. The van der Waals surface area contributed by atoms with Gasteiger partial charge in [-0.25, -0.2) is 4.39 Å². The molecule has 3 saturated carbocycles. The molecule has 5 heteroatoms. The number of hydrogen-bond acceptors (Lipinski definition) is 1. The van der Waals surface area contributed by atoms with Crippen molar-refractivity contribution in [2.75, 3.05) is 0 Å². The summed E-state index contributed by atoms with van der Waals surface area (Å²) in [5.41, 5.74) is 0.977. The largest absolute Gasteiger partial charge is 0.432 e. The van der Waals surface area contributed by atoms with Crippen molar-refractivity contribution in [2.24, 2.45) is 35.5 Å². The van der Waals surface area contributed by atoms with E-state index in [1.165, 1.54) is 89.2 Å². The highest BCUT2D eigenvalue weighted by Crippen LogP contribution is 2.48. The van der Waals surface area contributed by atoms with Crippen molar-refractivity contribution in [1.29, 1.82) is 0 Å². The summed E-state index contributed by atoms with van der Waals surface area (Å²) < 4.78 is 50.3. The Morgan fingerprint density at radius 2 is 1.27 bits per heavy atom. The molecule has 1 nitrogen and oxygen atoms in total. The summed E-state index contributed by atoms with van der Waals surface area (Å²) in [6, 6.07) is 10.8. The zero-order chi connectivity index (χ0) is 28.8. The predicted octanol–water partition coefficient (Wildman–Crippen LogP) is 12.1. The number of rotatable bonds is 10. The van der Waals surface area contributed by atoms with E-state index in [4.69, 9.17) is 16.3 Å². The van der Waals surface area contributed by atoms with E-state index >= 15 is 8.78 Å². The molecule has 0 atom stereocenters. The van der Waals surface area contributed by atoms with Crippen molar-refractivity contribution in [3.63, 3.8) is 0 Å². The van der Waals surface area contributed by atoms with E-state index in [0.717, 1.165) is 36.7 Å². The van der Waals surface area contributed by atoms with Gasteiger partial charge in [-0.1, -0.05) is 69.2 Å². The first-order valence-electron chi connectivity index (χ1n) is 16.4. The van der Waals surface area contributed by atoms with Gasteiger partial charge in [0.1, 0.15) is 11.6 Å². The summed E-state index contributed by atoms with van der Waals surface area (Å²) in [6.45, 7) is 2.29. The lowest BCUT2D eigenvalue weighted by molar-refractivity contribution is -0.224. The van der Waals surface area contributed by atoms with Gasteiger partial charge in [-0.15, -0.1) is 0 Å². The van der Waals surface area contributed by atoms with Crippen LogP contribution in [0.15, 0.2) is 42.5 Å². The lowest BCUT2D eigenvalue weighted by Gasteiger charge is -2.42. The van der Waals surface area contributed by atoms with Crippen LogP contribution in [0.2, 0.25) is 5.02 Å².